The summed E-state index contributed by atoms with van der Waals surface area (Å²) in [5.41, 5.74) is 1.89. The summed E-state index contributed by atoms with van der Waals surface area (Å²) in [4.78, 5) is 7.23. The van der Waals surface area contributed by atoms with Gasteiger partial charge in [-0.15, -0.1) is 12.4 Å². The summed E-state index contributed by atoms with van der Waals surface area (Å²) >= 11 is 1.62. The molecule has 27 heavy (non-hydrogen) atoms. The summed E-state index contributed by atoms with van der Waals surface area (Å²) < 4.78 is 6.44. The van der Waals surface area contributed by atoms with Crippen LogP contribution in [0.25, 0.3) is 21.0 Å². The Hall–Kier alpha value is -1.31. The maximum Gasteiger partial charge on any atom is 0.183 e. The van der Waals surface area contributed by atoms with Crippen molar-refractivity contribution in [2.24, 2.45) is 0 Å². The van der Waals surface area contributed by atoms with Crippen molar-refractivity contribution in [3.8, 4) is 5.75 Å². The monoisotopic (exact) mass is 428 g/mol. The minimum atomic E-state index is 0. The van der Waals surface area contributed by atoms with Crippen LogP contribution in [0.4, 0.5) is 5.13 Å². The van der Waals surface area contributed by atoms with Crippen LogP contribution >= 0.6 is 23.7 Å². The molecular formula is C19H24Cl2N3O2S-. The molecule has 148 valence electrons. The summed E-state index contributed by atoms with van der Waals surface area (Å²) in [5, 5.41) is 16.7. The van der Waals surface area contributed by atoms with Crippen LogP contribution in [0.15, 0.2) is 24.3 Å². The van der Waals surface area contributed by atoms with E-state index in [1.165, 1.54) is 0 Å². The number of nitrogens with one attached hydrogen (secondary N) is 1. The standard InChI is InChI=1S/C19H23N3O2S.2ClH/c1-13-17(23)15-6-3-2-5-14(15)16-18(13)25-19(21-16)20-7-4-8-22-9-11-24-12-10-22;;/h2-3,5-6,23H,4,7-12H2,1H3,(H,20,21);2*1H/p-1. The Morgan fingerprint density at radius 3 is 2.67 bits per heavy atom. The van der Waals surface area contributed by atoms with E-state index >= 15 is 0 Å². The van der Waals surface area contributed by atoms with Crippen LogP contribution in [0.3, 0.4) is 0 Å². The van der Waals surface area contributed by atoms with Crippen molar-refractivity contribution in [1.82, 2.24) is 9.88 Å². The fourth-order valence-corrected chi connectivity index (χ4v) is 4.37. The molecule has 1 fully saturated rings. The van der Waals surface area contributed by atoms with Crippen molar-refractivity contribution < 1.29 is 22.3 Å². The number of hydrogen-bond acceptors (Lipinski definition) is 6. The number of nitrogens with zero attached hydrogens (tertiary/aromatic N) is 2. The van der Waals surface area contributed by atoms with Gasteiger partial charge in [0.05, 0.1) is 23.4 Å². The van der Waals surface area contributed by atoms with Crippen LogP contribution in [0, 0.1) is 6.92 Å². The number of benzene rings is 2. The molecule has 0 aliphatic carbocycles. The smallest absolute Gasteiger partial charge is 0.183 e. The molecule has 4 rings (SSSR count). The van der Waals surface area contributed by atoms with Gasteiger partial charge in [0.1, 0.15) is 5.75 Å². The molecule has 1 saturated heterocycles. The second kappa shape index (κ2) is 9.75. The van der Waals surface area contributed by atoms with Crippen LogP contribution in [-0.4, -0.2) is 54.4 Å². The van der Waals surface area contributed by atoms with Crippen molar-refractivity contribution in [1.29, 1.82) is 0 Å². The molecule has 0 atom stereocenters. The van der Waals surface area contributed by atoms with Gasteiger partial charge in [0.25, 0.3) is 0 Å². The van der Waals surface area contributed by atoms with E-state index in [0.717, 1.165) is 77.5 Å². The van der Waals surface area contributed by atoms with Gasteiger partial charge in [0.15, 0.2) is 5.13 Å². The maximum absolute atomic E-state index is 10.5. The number of thiazole rings is 1. The second-order valence-corrected chi connectivity index (χ2v) is 7.45. The third-order valence-electron chi connectivity index (χ3n) is 4.79. The minimum absolute atomic E-state index is 0. The number of halogens is 2. The molecule has 1 aliphatic heterocycles. The van der Waals surface area contributed by atoms with E-state index in [1.807, 2.05) is 31.2 Å². The number of morpholine rings is 1. The molecule has 1 aromatic heterocycles. The van der Waals surface area contributed by atoms with Crippen molar-refractivity contribution in [2.45, 2.75) is 13.3 Å². The van der Waals surface area contributed by atoms with E-state index in [4.69, 9.17) is 9.72 Å². The van der Waals surface area contributed by atoms with Crippen molar-refractivity contribution in [2.75, 3.05) is 44.7 Å². The summed E-state index contributed by atoms with van der Waals surface area (Å²) in [6.45, 7) is 7.72. The summed E-state index contributed by atoms with van der Waals surface area (Å²) in [7, 11) is 0. The van der Waals surface area contributed by atoms with Gasteiger partial charge in [0, 0.05) is 36.0 Å². The summed E-state index contributed by atoms with van der Waals surface area (Å²) in [6.07, 6.45) is 1.08. The number of ether oxygens (including phenoxy) is 1. The molecule has 0 radical (unpaired) electrons. The Bertz CT molecular complexity index is 897. The van der Waals surface area contributed by atoms with Gasteiger partial charge in [0.2, 0.25) is 0 Å². The molecule has 2 aromatic carbocycles. The Labute approximate surface area is 175 Å². The van der Waals surface area contributed by atoms with Gasteiger partial charge in [-0.2, -0.15) is 0 Å². The molecule has 2 heterocycles. The van der Waals surface area contributed by atoms with Gasteiger partial charge >= 0.3 is 0 Å². The largest absolute Gasteiger partial charge is 1.00 e. The topological polar surface area (TPSA) is 57.6 Å². The lowest BCUT2D eigenvalue weighted by atomic mass is 10.0. The number of anilines is 1. The lowest BCUT2D eigenvalue weighted by Crippen LogP contribution is -3.00. The van der Waals surface area contributed by atoms with E-state index in [2.05, 4.69) is 10.2 Å². The number of phenols is 1. The first-order chi connectivity index (χ1) is 12.2. The van der Waals surface area contributed by atoms with Crippen LogP contribution in [0.1, 0.15) is 12.0 Å². The van der Waals surface area contributed by atoms with Crippen molar-refractivity contribution in [3.05, 3.63) is 29.8 Å². The van der Waals surface area contributed by atoms with Crippen LogP contribution in [-0.2, 0) is 4.74 Å². The molecule has 2 N–H and O–H groups in total. The highest BCUT2D eigenvalue weighted by Crippen LogP contribution is 2.40. The van der Waals surface area contributed by atoms with Crippen LogP contribution in [0.2, 0.25) is 0 Å². The molecule has 0 spiro atoms. The fourth-order valence-electron chi connectivity index (χ4n) is 3.36. The first kappa shape index (κ1) is 22.0. The predicted octanol–water partition coefficient (Wildman–Crippen LogP) is 1.02. The molecule has 0 bridgehead atoms. The third kappa shape index (κ3) is 4.58. The lowest BCUT2D eigenvalue weighted by molar-refractivity contribution is -0.00000757. The zero-order valence-electron chi connectivity index (χ0n) is 15.2. The van der Waals surface area contributed by atoms with Gasteiger partial charge < -0.3 is 27.6 Å². The molecule has 5 nitrogen and oxygen atoms in total. The quantitative estimate of drug-likeness (QED) is 0.594. The number of hydrogen-bond donors (Lipinski definition) is 2. The van der Waals surface area contributed by atoms with Gasteiger partial charge in [-0.25, -0.2) is 4.98 Å². The van der Waals surface area contributed by atoms with E-state index < -0.39 is 0 Å². The summed E-state index contributed by atoms with van der Waals surface area (Å²) in [5.74, 6) is 0.366. The number of phenolic OH excluding ortho intramolecular Hbond substituents is 1. The molecule has 0 amide bonds. The first-order valence-corrected chi connectivity index (χ1v) is 9.60. The van der Waals surface area contributed by atoms with Crippen LogP contribution in [0.5, 0.6) is 5.75 Å². The van der Waals surface area contributed by atoms with Crippen molar-refractivity contribution in [3.63, 3.8) is 0 Å². The minimum Gasteiger partial charge on any atom is -1.00 e. The highest BCUT2D eigenvalue weighted by molar-refractivity contribution is 7.22. The van der Waals surface area contributed by atoms with Gasteiger partial charge in [-0.1, -0.05) is 35.6 Å². The van der Waals surface area contributed by atoms with E-state index in [0.29, 0.717) is 5.75 Å². The van der Waals surface area contributed by atoms with E-state index in [9.17, 15) is 5.11 Å². The molecule has 8 heteroatoms. The van der Waals surface area contributed by atoms with Crippen molar-refractivity contribution >= 4 is 49.9 Å². The normalized spacial score (nSPS) is 14.7. The average molecular weight is 429 g/mol. The Balaban J connectivity index is 0.00000131. The van der Waals surface area contributed by atoms with Gasteiger partial charge in [-0.3, -0.25) is 4.90 Å². The third-order valence-corrected chi connectivity index (χ3v) is 5.92. The molecule has 1 aliphatic rings. The zero-order chi connectivity index (χ0) is 17.2. The van der Waals surface area contributed by atoms with E-state index in [-0.39, 0.29) is 24.8 Å². The number of aromatic hydroxyl groups is 1. The highest BCUT2D eigenvalue weighted by atomic mass is 35.5. The molecule has 3 aromatic rings. The molecule has 0 saturated carbocycles. The number of aryl methyl sites for hydroxylation is 1. The fraction of sp³-hybridized carbons (Fsp3) is 0.421. The van der Waals surface area contributed by atoms with E-state index in [1.54, 1.807) is 11.3 Å². The zero-order valence-corrected chi connectivity index (χ0v) is 17.6. The lowest BCUT2D eigenvalue weighted by Gasteiger charge is -2.26. The average Bonchev–Trinajstić information content (AvgIpc) is 3.09. The number of fused-ring (bicyclic) bond motifs is 3. The Morgan fingerprint density at radius 2 is 1.93 bits per heavy atom. The maximum atomic E-state index is 10.5. The van der Waals surface area contributed by atoms with Crippen LogP contribution < -0.4 is 17.7 Å². The summed E-state index contributed by atoms with van der Waals surface area (Å²) in [6, 6.07) is 7.92. The second-order valence-electron chi connectivity index (χ2n) is 6.45. The predicted molar refractivity (Wildman–Crippen MR) is 111 cm³/mol. The van der Waals surface area contributed by atoms with Gasteiger partial charge in [-0.05, 0) is 19.9 Å². The Morgan fingerprint density at radius 1 is 1.22 bits per heavy atom. The highest BCUT2D eigenvalue weighted by Gasteiger charge is 2.15. The Kier molecular flexibility index (Phi) is 7.94. The first-order valence-electron chi connectivity index (χ1n) is 8.79. The molecular weight excluding hydrogens is 405 g/mol. The SMILES string of the molecule is Cc1c(O)c2ccccc2c2nc(NCCCN3CCOCC3)sc12.Cl.[Cl-]. The number of aromatic nitrogens is 1. The molecule has 0 unspecified atom stereocenters. The number of rotatable bonds is 5.